The number of halogens is 2. The van der Waals surface area contributed by atoms with Gasteiger partial charge >= 0.3 is 0 Å². The molecule has 0 amide bonds. The lowest BCUT2D eigenvalue weighted by atomic mass is 10.1. The Labute approximate surface area is 215 Å². The highest BCUT2D eigenvalue weighted by Gasteiger charge is 2.26. The van der Waals surface area contributed by atoms with Gasteiger partial charge in [0.2, 0.25) is 5.88 Å². The van der Waals surface area contributed by atoms with Crippen molar-refractivity contribution in [1.82, 2.24) is 14.7 Å². The topological polar surface area (TPSA) is 69.0 Å². The summed E-state index contributed by atoms with van der Waals surface area (Å²) in [5, 5.41) is 15.3. The maximum Gasteiger partial charge on any atom is 0.227 e. The Morgan fingerprint density at radius 2 is 2.08 bits per heavy atom. The van der Waals surface area contributed by atoms with Gasteiger partial charge in [0.05, 0.1) is 42.4 Å². The van der Waals surface area contributed by atoms with E-state index in [1.54, 1.807) is 10.8 Å². The van der Waals surface area contributed by atoms with E-state index in [0.717, 1.165) is 36.2 Å². The van der Waals surface area contributed by atoms with Crippen molar-refractivity contribution in [3.8, 4) is 17.3 Å². The van der Waals surface area contributed by atoms with E-state index in [2.05, 4.69) is 16.6 Å². The lowest BCUT2D eigenvalue weighted by Gasteiger charge is -2.27. The summed E-state index contributed by atoms with van der Waals surface area (Å²) in [6.07, 6.45) is 2.88. The van der Waals surface area contributed by atoms with Gasteiger partial charge in [0, 0.05) is 32.3 Å². The molecule has 0 spiro atoms. The Bertz CT molecular complexity index is 1170. The number of aryl methyl sites for hydroxylation is 1. The van der Waals surface area contributed by atoms with Crippen LogP contribution in [0.2, 0.25) is 0 Å². The highest BCUT2D eigenvalue weighted by atomic mass is 19.1. The summed E-state index contributed by atoms with van der Waals surface area (Å²) >= 11 is 0. The lowest BCUT2D eigenvalue weighted by molar-refractivity contribution is 0.00836. The maximum absolute atomic E-state index is 14.6. The van der Waals surface area contributed by atoms with Crippen molar-refractivity contribution in [1.29, 1.82) is 0 Å². The summed E-state index contributed by atoms with van der Waals surface area (Å²) in [5.74, 6) is -1.28. The first-order chi connectivity index (χ1) is 17.9. The Balaban J connectivity index is 1.66. The summed E-state index contributed by atoms with van der Waals surface area (Å²) in [5.41, 5.74) is 2.15. The molecule has 1 aliphatic heterocycles. The second-order valence-electron chi connectivity index (χ2n) is 9.10. The molecule has 0 radical (unpaired) electrons. The molecule has 1 aromatic heterocycles. The first kappa shape index (κ1) is 26.9. The molecular formula is C28H33F2N3O4. The Kier molecular flexibility index (Phi) is 9.40. The van der Waals surface area contributed by atoms with Crippen LogP contribution in [-0.2, 0) is 16.0 Å². The maximum atomic E-state index is 14.6. The van der Waals surface area contributed by atoms with Crippen LogP contribution in [0.25, 0.3) is 5.69 Å². The highest BCUT2D eigenvalue weighted by molar-refractivity contribution is 5.43. The fraction of sp³-hybridized carbons (Fsp3) is 0.393. The monoisotopic (exact) mass is 513 g/mol. The zero-order chi connectivity index (χ0) is 26.2. The molecule has 0 aliphatic carbocycles. The zero-order valence-electron chi connectivity index (χ0n) is 21.0. The highest BCUT2D eigenvalue weighted by Crippen LogP contribution is 2.33. The Morgan fingerprint density at radius 1 is 1.27 bits per heavy atom. The number of benzene rings is 2. The molecule has 198 valence electrons. The van der Waals surface area contributed by atoms with Gasteiger partial charge in [0.1, 0.15) is 5.82 Å². The molecule has 2 atom stereocenters. The van der Waals surface area contributed by atoms with E-state index in [-0.39, 0.29) is 18.5 Å². The number of nitrogens with zero attached hydrogens (tertiary/aromatic N) is 3. The minimum absolute atomic E-state index is 0.0460. The number of aliphatic hydroxyl groups excluding tert-OH is 1. The van der Waals surface area contributed by atoms with Crippen molar-refractivity contribution in [2.75, 3.05) is 32.9 Å². The summed E-state index contributed by atoms with van der Waals surface area (Å²) in [7, 11) is 0. The third kappa shape index (κ3) is 7.23. The predicted molar refractivity (Wildman–Crippen MR) is 136 cm³/mol. The minimum atomic E-state index is -0.810. The average Bonchev–Trinajstić information content (AvgIpc) is 3.50. The quantitative estimate of drug-likeness (QED) is 0.262. The second-order valence-corrected chi connectivity index (χ2v) is 9.10. The molecule has 0 saturated carbocycles. The minimum Gasteiger partial charge on any atom is -0.435 e. The van der Waals surface area contributed by atoms with E-state index >= 15 is 0 Å². The molecule has 7 nitrogen and oxygen atoms in total. The number of rotatable bonds is 13. The van der Waals surface area contributed by atoms with Gasteiger partial charge in [-0.3, -0.25) is 4.90 Å². The molecule has 1 aliphatic rings. The molecule has 37 heavy (non-hydrogen) atoms. The van der Waals surface area contributed by atoms with Gasteiger partial charge in [-0.05, 0) is 44.0 Å². The van der Waals surface area contributed by atoms with Crippen LogP contribution in [0, 0.1) is 18.6 Å². The van der Waals surface area contributed by atoms with Crippen molar-refractivity contribution in [3.05, 3.63) is 84.1 Å². The van der Waals surface area contributed by atoms with Crippen LogP contribution in [0.4, 0.5) is 8.78 Å². The smallest absolute Gasteiger partial charge is 0.227 e. The van der Waals surface area contributed by atoms with Crippen molar-refractivity contribution in [2.45, 2.75) is 38.5 Å². The Hall–Kier alpha value is -3.11. The summed E-state index contributed by atoms with van der Waals surface area (Å²) < 4.78 is 47.1. The normalized spacial score (nSPS) is 16.3. The third-order valence-corrected chi connectivity index (χ3v) is 6.12. The van der Waals surface area contributed by atoms with E-state index < -0.39 is 17.7 Å². The van der Waals surface area contributed by atoms with E-state index in [4.69, 9.17) is 14.2 Å². The third-order valence-electron chi connectivity index (χ3n) is 6.12. The van der Waals surface area contributed by atoms with Gasteiger partial charge in [-0.15, -0.1) is 6.58 Å². The van der Waals surface area contributed by atoms with Gasteiger partial charge in [-0.2, -0.15) is 5.10 Å². The number of hydrogen-bond donors (Lipinski definition) is 1. The summed E-state index contributed by atoms with van der Waals surface area (Å²) in [4.78, 5) is 2.07. The molecule has 0 bridgehead atoms. The fourth-order valence-electron chi connectivity index (χ4n) is 4.37. The fourth-order valence-corrected chi connectivity index (χ4v) is 4.37. The second kappa shape index (κ2) is 12.9. The lowest BCUT2D eigenvalue weighted by Crippen LogP contribution is -2.39. The molecule has 2 aromatic carbocycles. The van der Waals surface area contributed by atoms with Gasteiger partial charge < -0.3 is 19.3 Å². The molecule has 4 rings (SSSR count). The molecular weight excluding hydrogens is 480 g/mol. The summed E-state index contributed by atoms with van der Waals surface area (Å²) in [6, 6.07) is 12.6. The molecule has 9 heteroatoms. The molecule has 1 N–H and O–H groups in total. The first-order valence-corrected chi connectivity index (χ1v) is 12.4. The van der Waals surface area contributed by atoms with E-state index in [0.29, 0.717) is 44.4 Å². The largest absolute Gasteiger partial charge is 0.435 e. The van der Waals surface area contributed by atoms with Crippen molar-refractivity contribution >= 4 is 0 Å². The van der Waals surface area contributed by atoms with E-state index in [9.17, 15) is 13.9 Å². The van der Waals surface area contributed by atoms with Gasteiger partial charge in [0.25, 0.3) is 0 Å². The number of aliphatic hydroxyl groups is 1. The van der Waals surface area contributed by atoms with Crippen LogP contribution in [0.5, 0.6) is 11.6 Å². The molecule has 1 saturated heterocycles. The number of ether oxygens (including phenoxy) is 3. The van der Waals surface area contributed by atoms with Crippen LogP contribution < -0.4 is 4.74 Å². The number of aromatic nitrogens is 2. The average molecular weight is 514 g/mol. The van der Waals surface area contributed by atoms with Gasteiger partial charge in [-0.25, -0.2) is 13.5 Å². The van der Waals surface area contributed by atoms with E-state index in [1.807, 2.05) is 37.3 Å². The van der Waals surface area contributed by atoms with Crippen LogP contribution in [0.15, 0.2) is 61.2 Å². The number of hydrogen-bond acceptors (Lipinski definition) is 6. The standard InChI is InChI=1S/C28H33F2N3O4/c1-3-13-35-19-23(34)16-32(17-24-10-7-14-36-24)18-25-20(2)31-33(22-8-5-4-6-9-22)28(25)37-27-12-11-21(29)15-26(27)30/h3-6,8-9,11-12,15,23-24,34H,1,7,10,13-14,16-19H2,2H3/t23-,24-/m0/s1. The molecule has 3 aromatic rings. The Morgan fingerprint density at radius 3 is 2.78 bits per heavy atom. The van der Waals surface area contributed by atoms with Crippen LogP contribution >= 0.6 is 0 Å². The molecule has 2 heterocycles. The van der Waals surface area contributed by atoms with Crippen LogP contribution in [0.3, 0.4) is 0 Å². The van der Waals surface area contributed by atoms with Crippen molar-refractivity contribution in [3.63, 3.8) is 0 Å². The van der Waals surface area contributed by atoms with Crippen LogP contribution in [0.1, 0.15) is 24.1 Å². The zero-order valence-corrected chi connectivity index (χ0v) is 21.0. The van der Waals surface area contributed by atoms with Gasteiger partial charge in [0.15, 0.2) is 11.6 Å². The van der Waals surface area contributed by atoms with Crippen molar-refractivity contribution in [2.24, 2.45) is 0 Å². The predicted octanol–water partition coefficient (Wildman–Crippen LogP) is 4.80. The van der Waals surface area contributed by atoms with E-state index in [1.165, 1.54) is 6.07 Å². The molecule has 1 fully saturated rings. The SMILES string of the molecule is C=CCOC[C@@H](O)CN(Cc1c(C)nn(-c2ccccc2)c1Oc1ccc(F)cc1F)C[C@@H]1CCCO1. The molecule has 0 unspecified atom stereocenters. The summed E-state index contributed by atoms with van der Waals surface area (Å²) in [6.45, 7) is 8.02. The van der Waals surface area contributed by atoms with Crippen molar-refractivity contribution < 1.29 is 28.1 Å². The number of para-hydroxylation sites is 1. The first-order valence-electron chi connectivity index (χ1n) is 12.4. The van der Waals surface area contributed by atoms with Gasteiger partial charge in [-0.1, -0.05) is 24.3 Å². The van der Waals surface area contributed by atoms with Crippen LogP contribution in [-0.4, -0.2) is 64.9 Å².